The minimum atomic E-state index is -0.647. The van der Waals surface area contributed by atoms with Gasteiger partial charge in [0.15, 0.2) is 4.80 Å². The van der Waals surface area contributed by atoms with Crippen molar-refractivity contribution >= 4 is 23.4 Å². The van der Waals surface area contributed by atoms with Crippen LogP contribution in [0.1, 0.15) is 38.1 Å². The maximum Gasteiger partial charge on any atom is 0.338 e. The maximum absolute atomic E-state index is 13.5. The Morgan fingerprint density at radius 2 is 1.97 bits per heavy atom. The Kier molecular flexibility index (Phi) is 6.09. The number of carbonyl (C=O) groups excluding carboxylic acids is 1. The molecule has 4 rings (SSSR count). The molecule has 3 heterocycles. The van der Waals surface area contributed by atoms with E-state index < -0.39 is 12.0 Å². The Morgan fingerprint density at radius 1 is 1.22 bits per heavy atom. The highest BCUT2D eigenvalue weighted by atomic mass is 32.1. The van der Waals surface area contributed by atoms with Crippen molar-refractivity contribution in [2.45, 2.75) is 33.4 Å². The van der Waals surface area contributed by atoms with Gasteiger partial charge in [-0.25, -0.2) is 9.79 Å². The van der Waals surface area contributed by atoms with Crippen LogP contribution in [0.15, 0.2) is 57.6 Å². The van der Waals surface area contributed by atoms with Crippen molar-refractivity contribution < 1.29 is 14.3 Å². The van der Waals surface area contributed by atoms with Crippen molar-refractivity contribution in [1.29, 1.82) is 0 Å². The number of fused-ring (bicyclic) bond motifs is 1. The summed E-state index contributed by atoms with van der Waals surface area (Å²) in [6, 6.07) is 8.52. The van der Waals surface area contributed by atoms with Gasteiger partial charge in [0.05, 0.1) is 41.3 Å². The van der Waals surface area contributed by atoms with Gasteiger partial charge in [0, 0.05) is 12.7 Å². The maximum atomic E-state index is 13.5. The van der Waals surface area contributed by atoms with Crippen LogP contribution in [0.4, 0.5) is 0 Å². The fourth-order valence-electron chi connectivity index (χ4n) is 3.66. The molecule has 1 aliphatic rings. The molecular weight excluding hydrogens is 428 g/mol. The highest BCUT2D eigenvalue weighted by Gasteiger charge is 2.33. The van der Waals surface area contributed by atoms with Crippen LogP contribution in [0.25, 0.3) is 6.08 Å². The molecule has 0 saturated heterocycles. The van der Waals surface area contributed by atoms with Crippen molar-refractivity contribution in [3.8, 4) is 5.75 Å². The average molecular weight is 453 g/mol. The molecule has 0 N–H and O–H groups in total. The molecule has 0 saturated carbocycles. The summed E-state index contributed by atoms with van der Waals surface area (Å²) in [6.07, 6.45) is 3.62. The molecule has 9 heteroatoms. The molecule has 0 amide bonds. The first kappa shape index (κ1) is 21.8. The van der Waals surface area contributed by atoms with Gasteiger partial charge in [-0.2, -0.15) is 5.10 Å². The highest BCUT2D eigenvalue weighted by Crippen LogP contribution is 2.31. The van der Waals surface area contributed by atoms with Gasteiger partial charge in [0.25, 0.3) is 5.56 Å². The smallest absolute Gasteiger partial charge is 0.338 e. The molecule has 0 fully saturated rings. The lowest BCUT2D eigenvalue weighted by molar-refractivity contribution is -0.139. The molecule has 0 aliphatic carbocycles. The second kappa shape index (κ2) is 8.96. The third-order valence-electron chi connectivity index (χ3n) is 5.21. The summed E-state index contributed by atoms with van der Waals surface area (Å²) in [4.78, 5) is 31.5. The number of hydrogen-bond acceptors (Lipinski definition) is 7. The van der Waals surface area contributed by atoms with E-state index in [1.165, 1.54) is 11.3 Å². The van der Waals surface area contributed by atoms with Crippen LogP contribution < -0.4 is 19.6 Å². The first-order valence-corrected chi connectivity index (χ1v) is 11.2. The Hall–Kier alpha value is -3.46. The van der Waals surface area contributed by atoms with Gasteiger partial charge in [-0.15, -0.1) is 0 Å². The molecular formula is C23H24N4O4S. The zero-order valence-corrected chi connectivity index (χ0v) is 19.2. The molecule has 0 radical (unpaired) electrons. The van der Waals surface area contributed by atoms with Crippen LogP contribution in [-0.2, 0) is 16.1 Å². The number of allylic oxidation sites excluding steroid dienone is 1. The number of rotatable bonds is 6. The first-order chi connectivity index (χ1) is 15.5. The normalized spacial score (nSPS) is 16.0. The van der Waals surface area contributed by atoms with Gasteiger partial charge in [-0.1, -0.05) is 23.5 Å². The predicted molar refractivity (Wildman–Crippen MR) is 121 cm³/mol. The number of thiazole rings is 1. The van der Waals surface area contributed by atoms with Crippen LogP contribution in [-0.4, -0.2) is 34.0 Å². The van der Waals surface area contributed by atoms with E-state index in [9.17, 15) is 9.59 Å². The number of nitrogens with zero attached hydrogens (tertiary/aromatic N) is 4. The lowest BCUT2D eigenvalue weighted by Gasteiger charge is -2.24. The molecule has 0 bridgehead atoms. The Morgan fingerprint density at radius 3 is 2.59 bits per heavy atom. The number of ether oxygens (including phenoxy) is 2. The summed E-state index contributed by atoms with van der Waals surface area (Å²) < 4.78 is 14.4. The van der Waals surface area contributed by atoms with Gasteiger partial charge in [0.1, 0.15) is 5.75 Å². The van der Waals surface area contributed by atoms with Gasteiger partial charge in [0.2, 0.25) is 0 Å². The number of aromatic nitrogens is 3. The average Bonchev–Trinajstić information content (AvgIpc) is 3.37. The number of methoxy groups -OCH3 is 1. The third-order valence-corrected chi connectivity index (χ3v) is 6.20. The summed E-state index contributed by atoms with van der Waals surface area (Å²) in [5.74, 6) is 0.205. The Labute approximate surface area is 188 Å². The molecule has 32 heavy (non-hydrogen) atoms. The van der Waals surface area contributed by atoms with Crippen molar-refractivity contribution in [3.05, 3.63) is 78.7 Å². The molecule has 8 nitrogen and oxygen atoms in total. The SMILES string of the molecule is CCOC(=O)C1=C(C)N=c2s/c(=C/c3ccn(CC)n3)c(=O)n2C1c1ccc(OC)cc1. The van der Waals surface area contributed by atoms with Crippen molar-refractivity contribution in [1.82, 2.24) is 14.3 Å². The standard InChI is InChI=1S/C23H24N4O4S/c1-5-26-12-11-16(25-26)13-18-21(28)27-20(15-7-9-17(30-4)10-8-15)19(22(29)31-6-2)14(3)24-23(27)32-18/h7-13,20H,5-6H2,1-4H3/b18-13+. The van der Waals surface area contributed by atoms with Gasteiger partial charge < -0.3 is 9.47 Å². The Balaban J connectivity index is 1.92. The predicted octanol–water partition coefficient (Wildman–Crippen LogP) is 2.02. The summed E-state index contributed by atoms with van der Waals surface area (Å²) >= 11 is 1.28. The number of esters is 1. The monoisotopic (exact) mass is 452 g/mol. The second-order valence-corrected chi connectivity index (χ2v) is 8.18. The third kappa shape index (κ3) is 3.91. The van der Waals surface area contributed by atoms with E-state index in [4.69, 9.17) is 9.47 Å². The van der Waals surface area contributed by atoms with E-state index in [0.717, 1.165) is 12.1 Å². The van der Waals surface area contributed by atoms with E-state index in [-0.39, 0.29) is 12.2 Å². The fourth-order valence-corrected chi connectivity index (χ4v) is 4.69. The summed E-state index contributed by atoms with van der Waals surface area (Å²) in [5.41, 5.74) is 2.12. The minimum Gasteiger partial charge on any atom is -0.497 e. The van der Waals surface area contributed by atoms with E-state index >= 15 is 0 Å². The number of carbonyl (C=O) groups is 1. The van der Waals surface area contributed by atoms with Crippen molar-refractivity contribution in [2.24, 2.45) is 4.99 Å². The van der Waals surface area contributed by atoms with Crippen molar-refractivity contribution in [2.75, 3.05) is 13.7 Å². The lowest BCUT2D eigenvalue weighted by Crippen LogP contribution is -2.39. The molecule has 1 unspecified atom stereocenters. The molecule has 1 atom stereocenters. The van der Waals surface area contributed by atoms with E-state index in [0.29, 0.717) is 32.0 Å². The zero-order valence-electron chi connectivity index (χ0n) is 18.4. The van der Waals surface area contributed by atoms with Gasteiger partial charge in [-0.05, 0) is 50.6 Å². The van der Waals surface area contributed by atoms with Crippen LogP contribution >= 0.6 is 11.3 Å². The topological polar surface area (TPSA) is 87.7 Å². The lowest BCUT2D eigenvalue weighted by atomic mass is 9.96. The molecule has 166 valence electrons. The molecule has 2 aromatic heterocycles. The Bertz CT molecular complexity index is 1360. The van der Waals surface area contributed by atoms with Crippen molar-refractivity contribution in [3.63, 3.8) is 0 Å². The van der Waals surface area contributed by atoms with E-state index in [2.05, 4.69) is 10.1 Å². The molecule has 0 spiro atoms. The van der Waals surface area contributed by atoms with Crippen LogP contribution in [0.2, 0.25) is 0 Å². The highest BCUT2D eigenvalue weighted by molar-refractivity contribution is 7.07. The first-order valence-electron chi connectivity index (χ1n) is 10.3. The summed E-state index contributed by atoms with van der Waals surface area (Å²) in [7, 11) is 1.59. The molecule has 1 aromatic carbocycles. The van der Waals surface area contributed by atoms with E-state index in [1.807, 2.05) is 31.3 Å². The number of benzene rings is 1. The quantitative estimate of drug-likeness (QED) is 0.534. The van der Waals surface area contributed by atoms with Crippen LogP contribution in [0, 0.1) is 0 Å². The van der Waals surface area contributed by atoms with Gasteiger partial charge in [-0.3, -0.25) is 14.0 Å². The van der Waals surface area contributed by atoms with Crippen LogP contribution in [0.3, 0.4) is 0 Å². The largest absolute Gasteiger partial charge is 0.497 e. The molecule has 1 aliphatic heterocycles. The summed E-state index contributed by atoms with van der Waals surface area (Å²) in [5, 5.41) is 4.44. The van der Waals surface area contributed by atoms with E-state index in [1.54, 1.807) is 48.4 Å². The minimum absolute atomic E-state index is 0.227. The van der Waals surface area contributed by atoms with Crippen LogP contribution in [0.5, 0.6) is 5.75 Å². The zero-order chi connectivity index (χ0) is 22.8. The number of hydrogen-bond donors (Lipinski definition) is 0. The fraction of sp³-hybridized carbons (Fsp3) is 0.304. The second-order valence-electron chi connectivity index (χ2n) is 7.17. The summed E-state index contributed by atoms with van der Waals surface area (Å²) in [6.45, 7) is 6.49. The molecule has 3 aromatic rings. The number of aryl methyl sites for hydroxylation is 1. The van der Waals surface area contributed by atoms with Gasteiger partial charge >= 0.3 is 5.97 Å².